The lowest BCUT2D eigenvalue weighted by molar-refractivity contribution is 0.0754. The van der Waals surface area contributed by atoms with Gasteiger partial charge in [0.05, 0.1) is 5.56 Å². The molecule has 1 aromatic heterocycles. The van der Waals surface area contributed by atoms with E-state index in [0.29, 0.717) is 22.9 Å². The van der Waals surface area contributed by atoms with E-state index in [1.807, 2.05) is 12.1 Å². The van der Waals surface area contributed by atoms with Crippen LogP contribution >= 0.6 is 11.6 Å². The third-order valence-electron chi connectivity index (χ3n) is 3.64. The van der Waals surface area contributed by atoms with Crippen LogP contribution in [0.2, 0.25) is 5.02 Å². The van der Waals surface area contributed by atoms with Crippen LogP contribution in [0.5, 0.6) is 0 Å². The molecule has 0 fully saturated rings. The molecule has 0 atom stereocenters. The summed E-state index contributed by atoms with van der Waals surface area (Å²) in [5, 5.41) is 0.647. The standard InChI is InChI=1S/C19H15ClFNO2/c1-22(12-13-6-8-14(20)9-7-13)19(23)18-11-10-17(24-18)15-4-2-3-5-16(15)21/h2-11H,12H2,1H3. The number of hydrogen-bond donors (Lipinski definition) is 0. The molecular formula is C19H15ClFNO2. The minimum atomic E-state index is -0.389. The lowest BCUT2D eigenvalue weighted by atomic mass is 10.1. The van der Waals surface area contributed by atoms with Crippen molar-refractivity contribution in [3.05, 3.63) is 82.8 Å². The number of amides is 1. The van der Waals surface area contributed by atoms with E-state index in [-0.39, 0.29) is 17.5 Å². The van der Waals surface area contributed by atoms with Gasteiger partial charge >= 0.3 is 0 Å². The predicted octanol–water partition coefficient (Wildman–Crippen LogP) is 5.01. The number of carbonyl (C=O) groups is 1. The van der Waals surface area contributed by atoms with Crippen LogP contribution in [0.1, 0.15) is 16.1 Å². The molecule has 0 spiro atoms. The fraction of sp³-hybridized carbons (Fsp3) is 0.105. The summed E-state index contributed by atoms with van der Waals surface area (Å²) in [7, 11) is 1.68. The normalized spacial score (nSPS) is 10.6. The summed E-state index contributed by atoms with van der Waals surface area (Å²) >= 11 is 5.85. The van der Waals surface area contributed by atoms with Crippen molar-refractivity contribution in [2.75, 3.05) is 7.05 Å². The fourth-order valence-corrected chi connectivity index (χ4v) is 2.51. The SMILES string of the molecule is CN(Cc1ccc(Cl)cc1)C(=O)c1ccc(-c2ccccc2F)o1. The molecule has 24 heavy (non-hydrogen) atoms. The van der Waals surface area contributed by atoms with Crippen LogP contribution in [0, 0.1) is 5.82 Å². The average molecular weight is 344 g/mol. The van der Waals surface area contributed by atoms with E-state index >= 15 is 0 Å². The van der Waals surface area contributed by atoms with Crippen LogP contribution in [0.3, 0.4) is 0 Å². The average Bonchev–Trinajstić information content (AvgIpc) is 3.06. The molecule has 0 saturated heterocycles. The topological polar surface area (TPSA) is 33.5 Å². The van der Waals surface area contributed by atoms with Gasteiger partial charge in [-0.1, -0.05) is 35.9 Å². The van der Waals surface area contributed by atoms with Crippen LogP contribution in [0.25, 0.3) is 11.3 Å². The molecule has 1 amide bonds. The molecule has 3 rings (SSSR count). The second kappa shape index (κ2) is 6.89. The zero-order chi connectivity index (χ0) is 17.1. The molecule has 0 aliphatic rings. The number of furan rings is 1. The highest BCUT2D eigenvalue weighted by molar-refractivity contribution is 6.30. The van der Waals surface area contributed by atoms with Crippen LogP contribution in [-0.4, -0.2) is 17.9 Å². The van der Waals surface area contributed by atoms with Crippen molar-refractivity contribution >= 4 is 17.5 Å². The van der Waals surface area contributed by atoms with Gasteiger partial charge in [0, 0.05) is 18.6 Å². The summed E-state index contributed by atoms with van der Waals surface area (Å²) in [4.78, 5) is 14.0. The highest BCUT2D eigenvalue weighted by Gasteiger charge is 2.18. The summed E-state index contributed by atoms with van der Waals surface area (Å²) in [5.41, 5.74) is 1.29. The van der Waals surface area contributed by atoms with E-state index in [4.69, 9.17) is 16.0 Å². The summed E-state index contributed by atoms with van der Waals surface area (Å²) < 4.78 is 19.3. The smallest absolute Gasteiger partial charge is 0.289 e. The van der Waals surface area contributed by atoms with Gasteiger partial charge in [-0.15, -0.1) is 0 Å². The lowest BCUT2D eigenvalue weighted by Crippen LogP contribution is -2.25. The first kappa shape index (κ1) is 16.3. The largest absolute Gasteiger partial charge is 0.451 e. The zero-order valence-corrected chi connectivity index (χ0v) is 13.8. The Kier molecular flexibility index (Phi) is 4.67. The van der Waals surface area contributed by atoms with Crippen molar-refractivity contribution in [2.45, 2.75) is 6.54 Å². The molecular weight excluding hydrogens is 329 g/mol. The van der Waals surface area contributed by atoms with Gasteiger partial charge in [0.25, 0.3) is 5.91 Å². The Hall–Kier alpha value is -2.59. The number of rotatable bonds is 4. The fourth-order valence-electron chi connectivity index (χ4n) is 2.38. The van der Waals surface area contributed by atoms with Gasteiger partial charge in [0.2, 0.25) is 0 Å². The highest BCUT2D eigenvalue weighted by atomic mass is 35.5. The molecule has 5 heteroatoms. The van der Waals surface area contributed by atoms with E-state index in [1.54, 1.807) is 49.5 Å². The van der Waals surface area contributed by atoms with Crippen molar-refractivity contribution in [3.8, 4) is 11.3 Å². The molecule has 0 aliphatic carbocycles. The summed E-state index contributed by atoms with van der Waals surface area (Å²) in [5.74, 6) is -0.158. The van der Waals surface area contributed by atoms with Gasteiger partial charge in [0.1, 0.15) is 11.6 Å². The summed E-state index contributed by atoms with van der Waals surface area (Å²) in [6, 6.07) is 16.7. The van der Waals surface area contributed by atoms with Gasteiger partial charge in [-0.3, -0.25) is 4.79 Å². The van der Waals surface area contributed by atoms with Crippen molar-refractivity contribution < 1.29 is 13.6 Å². The maximum atomic E-state index is 13.8. The molecule has 0 aliphatic heterocycles. The summed E-state index contributed by atoms with van der Waals surface area (Å²) in [6.45, 7) is 0.422. The van der Waals surface area contributed by atoms with Crippen LogP contribution in [0.4, 0.5) is 4.39 Å². The second-order valence-corrected chi connectivity index (χ2v) is 5.87. The molecule has 0 bridgehead atoms. The van der Waals surface area contributed by atoms with Crippen LogP contribution < -0.4 is 0 Å². The van der Waals surface area contributed by atoms with Gasteiger partial charge < -0.3 is 9.32 Å². The molecule has 0 saturated carbocycles. The molecule has 0 unspecified atom stereocenters. The zero-order valence-electron chi connectivity index (χ0n) is 13.0. The van der Waals surface area contributed by atoms with Gasteiger partial charge in [-0.25, -0.2) is 4.39 Å². The van der Waals surface area contributed by atoms with Crippen molar-refractivity contribution in [1.29, 1.82) is 0 Å². The Morgan fingerprint density at radius 3 is 2.50 bits per heavy atom. The van der Waals surface area contributed by atoms with Crippen LogP contribution in [0.15, 0.2) is 65.1 Å². The maximum Gasteiger partial charge on any atom is 0.289 e. The Morgan fingerprint density at radius 2 is 1.79 bits per heavy atom. The monoisotopic (exact) mass is 343 g/mol. The number of halogens is 2. The van der Waals surface area contributed by atoms with Crippen LogP contribution in [-0.2, 0) is 6.54 Å². The Labute approximate surface area is 144 Å². The molecule has 122 valence electrons. The minimum Gasteiger partial charge on any atom is -0.451 e. The van der Waals surface area contributed by atoms with E-state index in [1.165, 1.54) is 11.0 Å². The number of nitrogens with zero attached hydrogens (tertiary/aromatic N) is 1. The second-order valence-electron chi connectivity index (χ2n) is 5.43. The third-order valence-corrected chi connectivity index (χ3v) is 3.89. The molecule has 3 nitrogen and oxygen atoms in total. The Morgan fingerprint density at radius 1 is 1.08 bits per heavy atom. The number of carbonyl (C=O) groups excluding carboxylic acids is 1. The van der Waals surface area contributed by atoms with Crippen molar-refractivity contribution in [3.63, 3.8) is 0 Å². The van der Waals surface area contributed by atoms with E-state index in [0.717, 1.165) is 5.56 Å². The van der Waals surface area contributed by atoms with Gasteiger partial charge in [-0.05, 0) is 42.0 Å². The highest BCUT2D eigenvalue weighted by Crippen LogP contribution is 2.25. The molecule has 0 N–H and O–H groups in total. The lowest BCUT2D eigenvalue weighted by Gasteiger charge is -2.15. The Balaban J connectivity index is 1.76. The first-order chi connectivity index (χ1) is 11.5. The summed E-state index contributed by atoms with van der Waals surface area (Å²) in [6.07, 6.45) is 0. The van der Waals surface area contributed by atoms with Crippen molar-refractivity contribution in [1.82, 2.24) is 4.90 Å². The third kappa shape index (κ3) is 3.49. The maximum absolute atomic E-state index is 13.8. The molecule has 2 aromatic carbocycles. The molecule has 3 aromatic rings. The van der Waals surface area contributed by atoms with E-state index < -0.39 is 0 Å². The first-order valence-electron chi connectivity index (χ1n) is 7.39. The molecule has 1 heterocycles. The number of benzene rings is 2. The quantitative estimate of drug-likeness (QED) is 0.667. The van der Waals surface area contributed by atoms with E-state index in [2.05, 4.69) is 0 Å². The number of hydrogen-bond acceptors (Lipinski definition) is 2. The van der Waals surface area contributed by atoms with Crippen molar-refractivity contribution in [2.24, 2.45) is 0 Å². The van der Waals surface area contributed by atoms with E-state index in [9.17, 15) is 9.18 Å². The molecule has 0 radical (unpaired) electrons. The first-order valence-corrected chi connectivity index (χ1v) is 7.77. The van der Waals surface area contributed by atoms with Gasteiger partial charge in [-0.2, -0.15) is 0 Å². The Bertz CT molecular complexity index is 858. The minimum absolute atomic E-state index is 0.171. The van der Waals surface area contributed by atoms with Gasteiger partial charge in [0.15, 0.2) is 5.76 Å². The predicted molar refractivity (Wildman–Crippen MR) is 91.4 cm³/mol.